The molecule has 3 rings (SSSR count). The molecule has 1 N–H and O–H groups in total. The number of rotatable bonds is 3. The normalized spacial score (nSPS) is 18.0. The monoisotopic (exact) mass is 287 g/mol. The molecule has 2 aromatic rings. The molecule has 21 heavy (non-hydrogen) atoms. The molecule has 0 bridgehead atoms. The number of aromatic amines is 1. The molecule has 1 fully saturated rings. The van der Waals surface area contributed by atoms with Crippen molar-refractivity contribution in [3.63, 3.8) is 0 Å². The van der Waals surface area contributed by atoms with Crippen LogP contribution in [0.2, 0.25) is 0 Å². The highest BCUT2D eigenvalue weighted by Crippen LogP contribution is 2.19. The van der Waals surface area contributed by atoms with Crippen molar-refractivity contribution in [3.8, 4) is 6.01 Å². The molecule has 0 radical (unpaired) electrons. The summed E-state index contributed by atoms with van der Waals surface area (Å²) in [6, 6.07) is 2.09. The van der Waals surface area contributed by atoms with Gasteiger partial charge in [0.1, 0.15) is 6.10 Å². The van der Waals surface area contributed by atoms with E-state index in [0.717, 1.165) is 17.8 Å². The van der Waals surface area contributed by atoms with E-state index >= 15 is 0 Å². The summed E-state index contributed by atoms with van der Waals surface area (Å²) < 4.78 is 5.69. The molecule has 7 nitrogen and oxygen atoms in total. The first kappa shape index (κ1) is 13.5. The first-order chi connectivity index (χ1) is 10.1. The predicted octanol–water partition coefficient (Wildman–Crippen LogP) is 1.11. The third-order valence-corrected chi connectivity index (χ3v) is 3.59. The van der Waals surface area contributed by atoms with Crippen LogP contribution in [-0.2, 0) is 0 Å². The summed E-state index contributed by atoms with van der Waals surface area (Å²) in [5, 5.41) is 6.92. The van der Waals surface area contributed by atoms with Gasteiger partial charge in [0.15, 0.2) is 0 Å². The average molecular weight is 287 g/mol. The number of nitrogens with zero attached hydrogens (tertiary/aromatic N) is 4. The highest BCUT2D eigenvalue weighted by Gasteiger charge is 2.30. The van der Waals surface area contributed by atoms with E-state index in [-0.39, 0.29) is 12.0 Å². The topological polar surface area (TPSA) is 84.0 Å². The number of carbonyl (C=O) groups excluding carboxylic acids is 1. The fourth-order valence-corrected chi connectivity index (χ4v) is 2.53. The van der Waals surface area contributed by atoms with Crippen LogP contribution < -0.4 is 4.74 Å². The van der Waals surface area contributed by atoms with Crippen LogP contribution in [0, 0.1) is 13.8 Å². The Morgan fingerprint density at radius 2 is 2.14 bits per heavy atom. The van der Waals surface area contributed by atoms with Crippen LogP contribution in [0.1, 0.15) is 28.2 Å². The average Bonchev–Trinajstić information content (AvgIpc) is 3.07. The first-order valence-corrected chi connectivity index (χ1v) is 6.89. The Balaban J connectivity index is 1.66. The van der Waals surface area contributed by atoms with Gasteiger partial charge in [0.05, 0.1) is 17.8 Å². The zero-order chi connectivity index (χ0) is 14.8. The number of carbonyl (C=O) groups is 1. The van der Waals surface area contributed by atoms with E-state index < -0.39 is 0 Å². The summed E-state index contributed by atoms with van der Waals surface area (Å²) in [7, 11) is 0. The van der Waals surface area contributed by atoms with Gasteiger partial charge < -0.3 is 9.64 Å². The molecule has 1 atom stereocenters. The lowest BCUT2D eigenvalue weighted by Gasteiger charge is -2.16. The third-order valence-electron chi connectivity index (χ3n) is 3.59. The minimum atomic E-state index is -0.0659. The van der Waals surface area contributed by atoms with Crippen molar-refractivity contribution in [3.05, 3.63) is 35.4 Å². The molecule has 1 unspecified atom stereocenters. The zero-order valence-electron chi connectivity index (χ0n) is 12.0. The Bertz CT molecular complexity index is 621. The fourth-order valence-electron chi connectivity index (χ4n) is 2.53. The smallest absolute Gasteiger partial charge is 0.316 e. The summed E-state index contributed by atoms with van der Waals surface area (Å²) in [5.41, 5.74) is 2.19. The highest BCUT2D eigenvalue weighted by molar-refractivity contribution is 5.96. The van der Waals surface area contributed by atoms with Crippen molar-refractivity contribution in [2.75, 3.05) is 13.1 Å². The predicted molar refractivity (Wildman–Crippen MR) is 75.0 cm³/mol. The number of aryl methyl sites for hydroxylation is 2. The maximum Gasteiger partial charge on any atom is 0.316 e. The number of aromatic nitrogens is 4. The SMILES string of the molecule is Cc1n[nH]c(C)c1C(=O)N1CCC(Oc2ncccn2)C1. The number of ether oxygens (including phenoxy) is 1. The number of H-pyrrole nitrogens is 1. The van der Waals surface area contributed by atoms with Crippen molar-refractivity contribution in [2.45, 2.75) is 26.4 Å². The Labute approximate surface area is 122 Å². The van der Waals surface area contributed by atoms with Crippen molar-refractivity contribution in [1.82, 2.24) is 25.1 Å². The summed E-state index contributed by atoms with van der Waals surface area (Å²) in [4.78, 5) is 22.4. The lowest BCUT2D eigenvalue weighted by molar-refractivity contribution is 0.0768. The summed E-state index contributed by atoms with van der Waals surface area (Å²) >= 11 is 0. The van der Waals surface area contributed by atoms with Crippen LogP contribution in [-0.4, -0.2) is 50.2 Å². The van der Waals surface area contributed by atoms with Crippen molar-refractivity contribution in [1.29, 1.82) is 0 Å². The molecule has 0 saturated carbocycles. The minimum Gasteiger partial charge on any atom is -0.458 e. The van der Waals surface area contributed by atoms with Gasteiger partial charge >= 0.3 is 6.01 Å². The Hall–Kier alpha value is -2.44. The van der Waals surface area contributed by atoms with E-state index in [1.54, 1.807) is 23.4 Å². The Kier molecular flexibility index (Phi) is 3.55. The second-order valence-electron chi connectivity index (χ2n) is 5.12. The van der Waals surface area contributed by atoms with Crippen LogP contribution in [0.25, 0.3) is 0 Å². The quantitative estimate of drug-likeness (QED) is 0.914. The van der Waals surface area contributed by atoms with E-state index in [2.05, 4.69) is 20.2 Å². The van der Waals surface area contributed by atoms with Gasteiger partial charge in [-0.05, 0) is 19.9 Å². The van der Waals surface area contributed by atoms with E-state index in [1.165, 1.54) is 0 Å². The van der Waals surface area contributed by atoms with Gasteiger partial charge in [-0.15, -0.1) is 0 Å². The molecule has 110 valence electrons. The van der Waals surface area contributed by atoms with E-state index in [4.69, 9.17) is 4.74 Å². The van der Waals surface area contributed by atoms with Crippen LogP contribution in [0.15, 0.2) is 18.5 Å². The standard InChI is InChI=1S/C14H17N5O2/c1-9-12(10(2)18-17-9)13(20)19-7-4-11(8-19)21-14-15-5-3-6-16-14/h3,5-6,11H,4,7-8H2,1-2H3,(H,17,18). The van der Waals surface area contributed by atoms with Gasteiger partial charge in [-0.3, -0.25) is 9.89 Å². The first-order valence-electron chi connectivity index (χ1n) is 6.89. The molecule has 2 aromatic heterocycles. The number of nitrogens with one attached hydrogen (secondary N) is 1. The van der Waals surface area contributed by atoms with Gasteiger partial charge in [-0.25, -0.2) is 9.97 Å². The molecular formula is C14H17N5O2. The van der Waals surface area contributed by atoms with Crippen LogP contribution in [0.3, 0.4) is 0 Å². The molecule has 0 aliphatic carbocycles. The fraction of sp³-hybridized carbons (Fsp3) is 0.429. The molecule has 3 heterocycles. The van der Waals surface area contributed by atoms with Gasteiger partial charge in [0.25, 0.3) is 5.91 Å². The number of likely N-dealkylation sites (tertiary alicyclic amines) is 1. The maximum atomic E-state index is 12.5. The second-order valence-corrected chi connectivity index (χ2v) is 5.12. The molecule has 1 aliphatic heterocycles. The lowest BCUT2D eigenvalue weighted by Crippen LogP contribution is -2.31. The number of hydrogen-bond donors (Lipinski definition) is 1. The minimum absolute atomic E-state index is 0.00108. The Morgan fingerprint density at radius 3 is 2.81 bits per heavy atom. The van der Waals surface area contributed by atoms with Crippen molar-refractivity contribution < 1.29 is 9.53 Å². The van der Waals surface area contributed by atoms with E-state index in [9.17, 15) is 4.79 Å². The molecule has 1 aliphatic rings. The molecule has 0 aromatic carbocycles. The van der Waals surface area contributed by atoms with Crippen molar-refractivity contribution in [2.24, 2.45) is 0 Å². The molecule has 1 saturated heterocycles. The molecule has 1 amide bonds. The van der Waals surface area contributed by atoms with Gasteiger partial charge in [0, 0.05) is 31.1 Å². The summed E-state index contributed by atoms with van der Waals surface area (Å²) in [6.07, 6.45) is 3.99. The largest absolute Gasteiger partial charge is 0.458 e. The highest BCUT2D eigenvalue weighted by atomic mass is 16.5. The second kappa shape index (κ2) is 5.51. The van der Waals surface area contributed by atoms with Crippen LogP contribution >= 0.6 is 0 Å². The van der Waals surface area contributed by atoms with Gasteiger partial charge in [-0.1, -0.05) is 0 Å². The molecule has 7 heteroatoms. The van der Waals surface area contributed by atoms with Gasteiger partial charge in [0.2, 0.25) is 0 Å². The Morgan fingerprint density at radius 1 is 1.38 bits per heavy atom. The zero-order valence-corrected chi connectivity index (χ0v) is 12.0. The van der Waals surface area contributed by atoms with E-state index in [0.29, 0.717) is 24.7 Å². The maximum absolute atomic E-state index is 12.5. The van der Waals surface area contributed by atoms with Crippen molar-refractivity contribution >= 4 is 5.91 Å². The van der Waals surface area contributed by atoms with Crippen LogP contribution in [0.4, 0.5) is 0 Å². The lowest BCUT2D eigenvalue weighted by atomic mass is 10.2. The van der Waals surface area contributed by atoms with Gasteiger partial charge in [-0.2, -0.15) is 5.10 Å². The summed E-state index contributed by atoms with van der Waals surface area (Å²) in [6.45, 7) is 4.90. The number of amides is 1. The van der Waals surface area contributed by atoms with Crippen LogP contribution in [0.5, 0.6) is 6.01 Å². The van der Waals surface area contributed by atoms with E-state index in [1.807, 2.05) is 13.8 Å². The third kappa shape index (κ3) is 2.72. The number of hydrogen-bond acceptors (Lipinski definition) is 5. The summed E-state index contributed by atoms with van der Waals surface area (Å²) in [5.74, 6) is -0.00108. The molecular weight excluding hydrogens is 270 g/mol. The molecule has 0 spiro atoms.